The maximum absolute atomic E-state index is 12.2. The molecule has 1 aliphatic rings. The number of carbonyl (C=O) groups is 2. The van der Waals surface area contributed by atoms with Crippen LogP contribution < -0.4 is 0 Å². The van der Waals surface area contributed by atoms with Crippen molar-refractivity contribution in [2.75, 3.05) is 20.2 Å². The molecule has 0 radical (unpaired) electrons. The third-order valence-corrected chi connectivity index (χ3v) is 2.22. The Bertz CT molecular complexity index is 335. The van der Waals surface area contributed by atoms with Crippen molar-refractivity contribution in [1.82, 2.24) is 4.90 Å². The van der Waals surface area contributed by atoms with Crippen LogP contribution in [0.15, 0.2) is 11.6 Å². The summed E-state index contributed by atoms with van der Waals surface area (Å²) in [6.07, 6.45) is -3.75. The SMILES string of the molecule is COC(=O)C(=O)N1CC=C(C(F)(F)F)CC1. The van der Waals surface area contributed by atoms with Gasteiger partial charge in [-0.2, -0.15) is 13.2 Å². The van der Waals surface area contributed by atoms with Gasteiger partial charge in [0.15, 0.2) is 0 Å². The number of rotatable bonds is 0. The zero-order valence-electron chi connectivity index (χ0n) is 8.50. The first-order valence-corrected chi connectivity index (χ1v) is 4.49. The second kappa shape index (κ2) is 4.54. The van der Waals surface area contributed by atoms with Crippen molar-refractivity contribution in [3.8, 4) is 0 Å². The Hall–Kier alpha value is -1.53. The highest BCUT2D eigenvalue weighted by Gasteiger charge is 2.36. The van der Waals surface area contributed by atoms with Crippen molar-refractivity contribution < 1.29 is 27.5 Å². The van der Waals surface area contributed by atoms with Crippen LogP contribution in [0.1, 0.15) is 6.42 Å². The Morgan fingerprint density at radius 2 is 2.06 bits per heavy atom. The Labute approximate surface area is 89.7 Å². The first-order chi connectivity index (χ1) is 7.36. The lowest BCUT2D eigenvalue weighted by molar-refractivity contribution is -0.158. The third-order valence-electron chi connectivity index (χ3n) is 2.22. The standard InChI is InChI=1S/C9H10F3NO3/c1-16-8(15)7(14)13-4-2-6(3-5-13)9(10,11)12/h2H,3-5H2,1H3. The maximum atomic E-state index is 12.2. The molecule has 0 aromatic rings. The maximum Gasteiger partial charge on any atom is 0.412 e. The van der Waals surface area contributed by atoms with Crippen molar-refractivity contribution in [3.05, 3.63) is 11.6 Å². The first-order valence-electron chi connectivity index (χ1n) is 4.49. The van der Waals surface area contributed by atoms with Gasteiger partial charge in [-0.05, 0) is 6.42 Å². The zero-order chi connectivity index (χ0) is 12.3. The molecule has 0 aromatic heterocycles. The fraction of sp³-hybridized carbons (Fsp3) is 0.556. The fourth-order valence-corrected chi connectivity index (χ4v) is 1.33. The summed E-state index contributed by atoms with van der Waals surface area (Å²) in [4.78, 5) is 23.1. The van der Waals surface area contributed by atoms with Gasteiger partial charge in [0, 0.05) is 18.7 Å². The minimum Gasteiger partial charge on any atom is -0.462 e. The van der Waals surface area contributed by atoms with Crippen LogP contribution in [0, 0.1) is 0 Å². The minimum atomic E-state index is -4.36. The number of hydrogen-bond donors (Lipinski definition) is 0. The van der Waals surface area contributed by atoms with Crippen LogP contribution in [0.25, 0.3) is 0 Å². The van der Waals surface area contributed by atoms with E-state index in [2.05, 4.69) is 4.74 Å². The number of halogens is 3. The van der Waals surface area contributed by atoms with E-state index in [9.17, 15) is 22.8 Å². The normalized spacial score (nSPS) is 16.8. The van der Waals surface area contributed by atoms with Crippen LogP contribution in [-0.4, -0.2) is 43.2 Å². The van der Waals surface area contributed by atoms with Crippen LogP contribution in [0.3, 0.4) is 0 Å². The predicted octanol–water partition coefficient (Wildman–Crippen LogP) is 0.880. The molecule has 1 rings (SSSR count). The lowest BCUT2D eigenvalue weighted by atomic mass is 10.1. The van der Waals surface area contributed by atoms with E-state index >= 15 is 0 Å². The molecule has 0 spiro atoms. The van der Waals surface area contributed by atoms with E-state index in [4.69, 9.17) is 0 Å². The van der Waals surface area contributed by atoms with Gasteiger partial charge in [0.1, 0.15) is 0 Å². The Kier molecular flexibility index (Phi) is 3.56. The smallest absolute Gasteiger partial charge is 0.412 e. The molecule has 4 nitrogen and oxygen atoms in total. The van der Waals surface area contributed by atoms with E-state index < -0.39 is 23.6 Å². The van der Waals surface area contributed by atoms with E-state index in [0.717, 1.165) is 18.1 Å². The Morgan fingerprint density at radius 3 is 2.44 bits per heavy atom. The molecule has 0 unspecified atom stereocenters. The number of alkyl halides is 3. The Morgan fingerprint density at radius 1 is 1.44 bits per heavy atom. The average molecular weight is 237 g/mol. The second-order valence-corrected chi connectivity index (χ2v) is 3.22. The lowest BCUT2D eigenvalue weighted by Crippen LogP contribution is -2.41. The van der Waals surface area contributed by atoms with Gasteiger partial charge < -0.3 is 9.64 Å². The molecule has 0 fully saturated rings. The minimum absolute atomic E-state index is 0.126. The largest absolute Gasteiger partial charge is 0.462 e. The molecular weight excluding hydrogens is 227 g/mol. The van der Waals surface area contributed by atoms with E-state index in [-0.39, 0.29) is 19.5 Å². The highest BCUT2D eigenvalue weighted by Crippen LogP contribution is 2.30. The molecular formula is C9H10F3NO3. The topological polar surface area (TPSA) is 46.6 Å². The molecule has 1 heterocycles. The molecule has 90 valence electrons. The second-order valence-electron chi connectivity index (χ2n) is 3.22. The molecule has 0 N–H and O–H groups in total. The van der Waals surface area contributed by atoms with Gasteiger partial charge in [-0.15, -0.1) is 0 Å². The van der Waals surface area contributed by atoms with Gasteiger partial charge in [0.2, 0.25) is 0 Å². The number of amides is 1. The fourth-order valence-electron chi connectivity index (χ4n) is 1.33. The molecule has 0 aromatic carbocycles. The molecule has 0 saturated carbocycles. The van der Waals surface area contributed by atoms with E-state index in [0.29, 0.717) is 0 Å². The number of nitrogens with zero attached hydrogens (tertiary/aromatic N) is 1. The monoisotopic (exact) mass is 237 g/mol. The van der Waals surface area contributed by atoms with Crippen molar-refractivity contribution in [1.29, 1.82) is 0 Å². The molecule has 0 aliphatic carbocycles. The molecule has 16 heavy (non-hydrogen) atoms. The van der Waals surface area contributed by atoms with Crippen molar-refractivity contribution in [2.45, 2.75) is 12.6 Å². The zero-order valence-corrected chi connectivity index (χ0v) is 8.50. The van der Waals surface area contributed by atoms with E-state index in [1.807, 2.05) is 0 Å². The van der Waals surface area contributed by atoms with Crippen molar-refractivity contribution >= 4 is 11.9 Å². The third kappa shape index (κ3) is 2.74. The van der Waals surface area contributed by atoms with Gasteiger partial charge in [-0.3, -0.25) is 4.79 Å². The van der Waals surface area contributed by atoms with Crippen LogP contribution in [0.2, 0.25) is 0 Å². The van der Waals surface area contributed by atoms with E-state index in [1.54, 1.807) is 0 Å². The van der Waals surface area contributed by atoms with Crippen LogP contribution in [0.5, 0.6) is 0 Å². The number of methoxy groups -OCH3 is 1. The highest BCUT2D eigenvalue weighted by molar-refractivity contribution is 6.32. The van der Waals surface area contributed by atoms with Crippen LogP contribution in [-0.2, 0) is 14.3 Å². The summed E-state index contributed by atoms with van der Waals surface area (Å²) in [5.41, 5.74) is -0.665. The molecule has 1 amide bonds. The lowest BCUT2D eigenvalue weighted by Gasteiger charge is -2.26. The first kappa shape index (κ1) is 12.5. The number of ether oxygens (including phenoxy) is 1. The van der Waals surface area contributed by atoms with Gasteiger partial charge in [0.05, 0.1) is 7.11 Å². The summed E-state index contributed by atoms with van der Waals surface area (Å²) >= 11 is 0. The van der Waals surface area contributed by atoms with Crippen molar-refractivity contribution in [2.24, 2.45) is 0 Å². The van der Waals surface area contributed by atoms with Gasteiger partial charge >= 0.3 is 18.1 Å². The molecule has 7 heteroatoms. The number of carbonyl (C=O) groups excluding carboxylic acids is 2. The number of esters is 1. The Balaban J connectivity index is 2.65. The summed E-state index contributed by atoms with van der Waals surface area (Å²) in [5, 5.41) is 0. The summed E-state index contributed by atoms with van der Waals surface area (Å²) in [5.74, 6) is -1.98. The predicted molar refractivity (Wildman–Crippen MR) is 47.4 cm³/mol. The van der Waals surface area contributed by atoms with Crippen molar-refractivity contribution in [3.63, 3.8) is 0 Å². The molecule has 1 aliphatic heterocycles. The molecule has 0 saturated heterocycles. The van der Waals surface area contributed by atoms with E-state index in [1.165, 1.54) is 0 Å². The summed E-state index contributed by atoms with van der Waals surface area (Å²) in [6.45, 7) is -0.345. The van der Waals surface area contributed by atoms with Gasteiger partial charge in [-0.1, -0.05) is 6.08 Å². The van der Waals surface area contributed by atoms with Gasteiger partial charge in [0.25, 0.3) is 0 Å². The molecule has 0 bridgehead atoms. The average Bonchev–Trinajstić information content (AvgIpc) is 2.26. The number of hydrogen-bond acceptors (Lipinski definition) is 3. The van der Waals surface area contributed by atoms with Crippen LogP contribution in [0.4, 0.5) is 13.2 Å². The summed E-state index contributed by atoms with van der Waals surface area (Å²) < 4.78 is 40.9. The summed E-state index contributed by atoms with van der Waals surface area (Å²) in [7, 11) is 1.04. The summed E-state index contributed by atoms with van der Waals surface area (Å²) in [6, 6.07) is 0. The highest BCUT2D eigenvalue weighted by atomic mass is 19.4. The van der Waals surface area contributed by atoms with Crippen LogP contribution >= 0.6 is 0 Å². The van der Waals surface area contributed by atoms with Gasteiger partial charge in [-0.25, -0.2) is 4.79 Å². The molecule has 0 atom stereocenters. The quantitative estimate of drug-likeness (QED) is 0.357.